The quantitative estimate of drug-likeness (QED) is 0.845. The van der Waals surface area contributed by atoms with Gasteiger partial charge in [0, 0.05) is 31.6 Å². The highest BCUT2D eigenvalue weighted by molar-refractivity contribution is 5.66. The first kappa shape index (κ1) is 18.0. The molecule has 1 aromatic rings. The van der Waals surface area contributed by atoms with Crippen molar-refractivity contribution in [2.45, 2.75) is 63.6 Å². The van der Waals surface area contributed by atoms with Gasteiger partial charge in [0.15, 0.2) is 0 Å². The predicted molar refractivity (Wildman–Crippen MR) is 103 cm³/mol. The van der Waals surface area contributed by atoms with Gasteiger partial charge in [-0.05, 0) is 69.0 Å². The van der Waals surface area contributed by atoms with Crippen molar-refractivity contribution >= 4 is 5.97 Å². The van der Waals surface area contributed by atoms with Crippen LogP contribution in [0, 0.1) is 11.8 Å². The van der Waals surface area contributed by atoms with Crippen LogP contribution in [-0.2, 0) is 11.3 Å². The van der Waals surface area contributed by atoms with Gasteiger partial charge in [-0.3, -0.25) is 14.6 Å². The second kappa shape index (κ2) is 8.10. The maximum absolute atomic E-state index is 11.0. The van der Waals surface area contributed by atoms with Crippen LogP contribution in [0.4, 0.5) is 0 Å². The summed E-state index contributed by atoms with van der Waals surface area (Å²) >= 11 is 0. The third-order valence-electron chi connectivity index (χ3n) is 6.90. The van der Waals surface area contributed by atoms with Gasteiger partial charge in [-0.15, -0.1) is 0 Å². The maximum Gasteiger partial charge on any atom is 0.303 e. The molecular formula is C22H32N2O2. The molecule has 3 aliphatic heterocycles. The Kier molecular flexibility index (Phi) is 5.60. The third kappa shape index (κ3) is 3.81. The van der Waals surface area contributed by atoms with Crippen LogP contribution in [0.15, 0.2) is 30.3 Å². The molecule has 4 rings (SSSR count). The van der Waals surface area contributed by atoms with Crippen LogP contribution >= 0.6 is 0 Å². The number of aliphatic carboxylic acids is 1. The van der Waals surface area contributed by atoms with Gasteiger partial charge in [0.25, 0.3) is 0 Å². The van der Waals surface area contributed by atoms with Crippen LogP contribution in [0.3, 0.4) is 0 Å². The number of carboxylic acid groups (broad SMARTS) is 1. The van der Waals surface area contributed by atoms with E-state index in [1.807, 2.05) is 0 Å². The van der Waals surface area contributed by atoms with E-state index in [0.29, 0.717) is 12.5 Å². The largest absolute Gasteiger partial charge is 0.481 e. The molecule has 4 atom stereocenters. The fraction of sp³-hybridized carbons (Fsp3) is 0.682. The smallest absolute Gasteiger partial charge is 0.303 e. The summed E-state index contributed by atoms with van der Waals surface area (Å²) in [5.74, 6) is 0.866. The minimum atomic E-state index is -0.656. The van der Waals surface area contributed by atoms with Crippen LogP contribution in [-0.4, -0.2) is 52.6 Å². The maximum atomic E-state index is 11.0. The fourth-order valence-electron chi connectivity index (χ4n) is 5.94. The van der Waals surface area contributed by atoms with Crippen molar-refractivity contribution in [3.05, 3.63) is 35.9 Å². The van der Waals surface area contributed by atoms with Gasteiger partial charge >= 0.3 is 5.97 Å². The molecule has 26 heavy (non-hydrogen) atoms. The number of hydrogen-bond donors (Lipinski definition) is 1. The number of benzene rings is 1. The Morgan fingerprint density at radius 2 is 1.88 bits per heavy atom. The standard InChI is InChI=1S/C22H32N2O2/c25-21(26)12-4-11-20-19-10-6-14-23-13-5-9-18(22(19)23)16-24(20)15-17-7-2-1-3-8-17/h1-3,7-8,18-20,22H,4-6,9-16H2,(H,25,26)/t18-,19+,20?,22-/m0/s1. The Morgan fingerprint density at radius 1 is 1.12 bits per heavy atom. The van der Waals surface area contributed by atoms with E-state index in [1.165, 1.54) is 50.9 Å². The lowest BCUT2D eigenvalue weighted by Gasteiger charge is -2.57. The van der Waals surface area contributed by atoms with Crippen LogP contribution in [0.25, 0.3) is 0 Å². The number of hydrogen-bond acceptors (Lipinski definition) is 3. The first-order valence-electron chi connectivity index (χ1n) is 10.5. The minimum absolute atomic E-state index is 0.306. The molecule has 1 aromatic carbocycles. The highest BCUT2D eigenvalue weighted by Crippen LogP contribution is 2.43. The molecule has 4 heteroatoms. The average molecular weight is 357 g/mol. The molecule has 3 saturated heterocycles. The summed E-state index contributed by atoms with van der Waals surface area (Å²) in [7, 11) is 0. The van der Waals surface area contributed by atoms with E-state index in [9.17, 15) is 4.79 Å². The zero-order valence-electron chi connectivity index (χ0n) is 15.7. The zero-order valence-corrected chi connectivity index (χ0v) is 15.7. The number of nitrogens with zero attached hydrogens (tertiary/aromatic N) is 2. The summed E-state index contributed by atoms with van der Waals surface area (Å²) in [6.07, 6.45) is 7.48. The summed E-state index contributed by atoms with van der Waals surface area (Å²) in [4.78, 5) is 16.5. The second-order valence-electron chi connectivity index (χ2n) is 8.50. The number of carboxylic acids is 1. The van der Waals surface area contributed by atoms with Crippen molar-refractivity contribution < 1.29 is 9.90 Å². The lowest BCUT2D eigenvalue weighted by atomic mass is 9.69. The zero-order chi connectivity index (χ0) is 17.9. The molecule has 0 radical (unpaired) electrons. The first-order valence-corrected chi connectivity index (χ1v) is 10.5. The topological polar surface area (TPSA) is 43.8 Å². The number of carbonyl (C=O) groups is 1. The van der Waals surface area contributed by atoms with E-state index in [-0.39, 0.29) is 0 Å². The monoisotopic (exact) mass is 356 g/mol. The Hall–Kier alpha value is -1.39. The molecule has 0 bridgehead atoms. The summed E-state index contributed by atoms with van der Waals surface area (Å²) in [6, 6.07) is 12.1. The molecule has 1 unspecified atom stereocenters. The van der Waals surface area contributed by atoms with Crippen LogP contribution in [0.2, 0.25) is 0 Å². The number of likely N-dealkylation sites (tertiary alicyclic amines) is 1. The summed E-state index contributed by atoms with van der Waals surface area (Å²) < 4.78 is 0. The van der Waals surface area contributed by atoms with Crippen molar-refractivity contribution in [3.63, 3.8) is 0 Å². The van der Waals surface area contributed by atoms with Gasteiger partial charge in [-0.25, -0.2) is 0 Å². The van der Waals surface area contributed by atoms with Gasteiger partial charge < -0.3 is 5.11 Å². The van der Waals surface area contributed by atoms with E-state index in [2.05, 4.69) is 40.1 Å². The molecule has 142 valence electrons. The second-order valence-corrected chi connectivity index (χ2v) is 8.50. The molecule has 3 aliphatic rings. The van der Waals surface area contributed by atoms with Crippen LogP contribution in [0.5, 0.6) is 0 Å². The summed E-state index contributed by atoms with van der Waals surface area (Å²) in [5.41, 5.74) is 1.39. The normalized spacial score (nSPS) is 32.2. The Morgan fingerprint density at radius 3 is 2.65 bits per heavy atom. The molecule has 0 aromatic heterocycles. The van der Waals surface area contributed by atoms with Crippen molar-refractivity contribution in [2.75, 3.05) is 19.6 Å². The van der Waals surface area contributed by atoms with E-state index >= 15 is 0 Å². The number of rotatable bonds is 6. The van der Waals surface area contributed by atoms with Crippen molar-refractivity contribution in [1.82, 2.24) is 9.80 Å². The molecular weight excluding hydrogens is 324 g/mol. The van der Waals surface area contributed by atoms with Gasteiger partial charge in [0.1, 0.15) is 0 Å². The van der Waals surface area contributed by atoms with E-state index in [4.69, 9.17) is 5.11 Å². The molecule has 0 aliphatic carbocycles. The average Bonchev–Trinajstić information content (AvgIpc) is 2.65. The Balaban J connectivity index is 1.54. The van der Waals surface area contributed by atoms with Gasteiger partial charge in [-0.2, -0.15) is 0 Å². The highest BCUT2D eigenvalue weighted by atomic mass is 16.4. The molecule has 0 spiro atoms. The van der Waals surface area contributed by atoms with Crippen molar-refractivity contribution in [2.24, 2.45) is 11.8 Å². The highest BCUT2D eigenvalue weighted by Gasteiger charge is 2.48. The van der Waals surface area contributed by atoms with E-state index in [1.54, 1.807) is 0 Å². The SMILES string of the molecule is O=C(O)CCCC1[C@H]2CCCN3CCC[C@@H](CN1Cc1ccccc1)[C@@H]23. The van der Waals surface area contributed by atoms with Gasteiger partial charge in [-0.1, -0.05) is 30.3 Å². The predicted octanol–water partition coefficient (Wildman–Crippen LogP) is 3.62. The molecule has 0 amide bonds. The molecule has 4 nitrogen and oxygen atoms in total. The van der Waals surface area contributed by atoms with E-state index < -0.39 is 5.97 Å². The van der Waals surface area contributed by atoms with Crippen LogP contribution in [0.1, 0.15) is 50.5 Å². The fourth-order valence-corrected chi connectivity index (χ4v) is 5.94. The van der Waals surface area contributed by atoms with E-state index in [0.717, 1.165) is 37.3 Å². The molecule has 0 saturated carbocycles. The lowest BCUT2D eigenvalue weighted by molar-refractivity contribution is -0.137. The molecule has 3 fully saturated rings. The van der Waals surface area contributed by atoms with Crippen molar-refractivity contribution in [1.29, 1.82) is 0 Å². The lowest BCUT2D eigenvalue weighted by Crippen LogP contribution is -2.64. The molecule has 3 heterocycles. The third-order valence-corrected chi connectivity index (χ3v) is 6.90. The van der Waals surface area contributed by atoms with Gasteiger partial charge in [0.2, 0.25) is 0 Å². The van der Waals surface area contributed by atoms with Crippen molar-refractivity contribution in [3.8, 4) is 0 Å². The Labute approximate surface area is 157 Å². The first-order chi connectivity index (χ1) is 12.7. The summed E-state index contributed by atoms with van der Waals surface area (Å²) in [5, 5.41) is 9.09. The Bertz CT molecular complexity index is 603. The number of piperidine rings is 3. The minimum Gasteiger partial charge on any atom is -0.481 e. The summed E-state index contributed by atoms with van der Waals surface area (Å²) in [6.45, 7) is 4.75. The van der Waals surface area contributed by atoms with Crippen LogP contribution < -0.4 is 0 Å². The van der Waals surface area contributed by atoms with Gasteiger partial charge in [0.05, 0.1) is 0 Å². The molecule has 1 N–H and O–H groups in total.